The number of carbonyl (C=O) groups excluding carboxylic acids is 1. The summed E-state index contributed by atoms with van der Waals surface area (Å²) in [5.74, 6) is 3.73. The third-order valence-electron chi connectivity index (χ3n) is 5.41. The molecule has 2 aromatic heterocycles. The van der Waals surface area contributed by atoms with Crippen molar-refractivity contribution in [2.24, 2.45) is 5.92 Å². The van der Waals surface area contributed by atoms with E-state index in [1.807, 2.05) is 45.0 Å². The highest BCUT2D eigenvalue weighted by Gasteiger charge is 2.46. The Labute approximate surface area is 186 Å². The summed E-state index contributed by atoms with van der Waals surface area (Å²) in [5, 5.41) is 4.57. The third kappa shape index (κ3) is 4.42. The van der Waals surface area contributed by atoms with Crippen LogP contribution in [-0.2, 0) is 16.0 Å². The number of aromatic nitrogens is 5. The van der Waals surface area contributed by atoms with Gasteiger partial charge in [0.25, 0.3) is 0 Å². The molecule has 0 radical (unpaired) electrons. The van der Waals surface area contributed by atoms with E-state index in [1.54, 1.807) is 18.9 Å². The standard InChI is InChI=1S/C23H27N5O4/c1-6-32-23(29)17-11-16(17)18-12-22(25-13(2)24-18)28-21(26-14(3)27-28)10-15-7-8-19(30-4)20(9-15)31-5/h7-9,12,16-17H,6,10-11H2,1-5H3. The van der Waals surface area contributed by atoms with Gasteiger partial charge in [-0.25, -0.2) is 15.0 Å². The molecule has 0 aliphatic heterocycles. The van der Waals surface area contributed by atoms with Gasteiger partial charge in [-0.1, -0.05) is 6.07 Å². The fraction of sp³-hybridized carbons (Fsp3) is 0.435. The number of carbonyl (C=O) groups is 1. The number of hydrogen-bond acceptors (Lipinski definition) is 8. The molecule has 1 aliphatic rings. The zero-order valence-electron chi connectivity index (χ0n) is 19.0. The topological polar surface area (TPSA) is 101 Å². The highest BCUT2D eigenvalue weighted by atomic mass is 16.5. The first kappa shape index (κ1) is 21.7. The van der Waals surface area contributed by atoms with Crippen LogP contribution in [0.2, 0.25) is 0 Å². The molecule has 0 bridgehead atoms. The highest BCUT2D eigenvalue weighted by Crippen LogP contribution is 2.47. The Kier molecular flexibility index (Phi) is 6.07. The number of hydrogen-bond donors (Lipinski definition) is 0. The van der Waals surface area contributed by atoms with Crippen LogP contribution in [0.4, 0.5) is 0 Å². The minimum absolute atomic E-state index is 0.0495. The predicted octanol–water partition coefficient (Wildman–Crippen LogP) is 2.95. The van der Waals surface area contributed by atoms with Crippen molar-refractivity contribution in [2.45, 2.75) is 39.5 Å². The van der Waals surface area contributed by atoms with Crippen LogP contribution in [0.25, 0.3) is 5.82 Å². The van der Waals surface area contributed by atoms with Gasteiger partial charge in [0.2, 0.25) is 0 Å². The Morgan fingerprint density at radius 3 is 2.56 bits per heavy atom. The monoisotopic (exact) mass is 437 g/mol. The fourth-order valence-electron chi connectivity index (χ4n) is 3.83. The van der Waals surface area contributed by atoms with Crippen LogP contribution in [0.15, 0.2) is 24.3 Å². The molecular formula is C23H27N5O4. The summed E-state index contributed by atoms with van der Waals surface area (Å²) in [6.45, 7) is 5.89. The van der Waals surface area contributed by atoms with E-state index in [2.05, 4.69) is 20.1 Å². The quantitative estimate of drug-likeness (QED) is 0.496. The highest BCUT2D eigenvalue weighted by molar-refractivity contribution is 5.77. The first-order valence-corrected chi connectivity index (χ1v) is 10.6. The van der Waals surface area contributed by atoms with Crippen molar-refractivity contribution >= 4 is 5.97 Å². The molecule has 2 atom stereocenters. The second kappa shape index (κ2) is 8.94. The van der Waals surface area contributed by atoms with Gasteiger partial charge in [-0.05, 0) is 44.9 Å². The first-order chi connectivity index (χ1) is 15.4. The Balaban J connectivity index is 1.63. The summed E-state index contributed by atoms with van der Waals surface area (Å²) in [4.78, 5) is 25.8. The Morgan fingerprint density at radius 2 is 1.84 bits per heavy atom. The summed E-state index contributed by atoms with van der Waals surface area (Å²) in [6.07, 6.45) is 1.28. The molecule has 32 heavy (non-hydrogen) atoms. The number of nitrogens with zero attached hydrogens (tertiary/aromatic N) is 5. The maximum atomic E-state index is 12.1. The molecule has 1 saturated carbocycles. The third-order valence-corrected chi connectivity index (χ3v) is 5.41. The number of ether oxygens (including phenoxy) is 3. The van der Waals surface area contributed by atoms with Crippen molar-refractivity contribution in [1.82, 2.24) is 24.7 Å². The molecule has 168 valence electrons. The molecule has 9 nitrogen and oxygen atoms in total. The van der Waals surface area contributed by atoms with E-state index in [9.17, 15) is 4.79 Å². The molecule has 2 heterocycles. The smallest absolute Gasteiger partial charge is 0.309 e. The molecule has 0 amide bonds. The van der Waals surface area contributed by atoms with E-state index < -0.39 is 0 Å². The van der Waals surface area contributed by atoms with Crippen LogP contribution < -0.4 is 9.47 Å². The van der Waals surface area contributed by atoms with Gasteiger partial charge in [-0.15, -0.1) is 5.10 Å². The molecule has 2 unspecified atom stereocenters. The minimum atomic E-state index is -0.166. The van der Waals surface area contributed by atoms with Crippen LogP contribution in [0, 0.1) is 19.8 Å². The van der Waals surface area contributed by atoms with E-state index >= 15 is 0 Å². The van der Waals surface area contributed by atoms with Gasteiger partial charge in [-0.2, -0.15) is 4.68 Å². The lowest BCUT2D eigenvalue weighted by Gasteiger charge is -2.11. The largest absolute Gasteiger partial charge is 0.493 e. The van der Waals surface area contributed by atoms with E-state index in [0.717, 1.165) is 23.5 Å². The molecule has 1 fully saturated rings. The van der Waals surface area contributed by atoms with Crippen molar-refractivity contribution in [1.29, 1.82) is 0 Å². The lowest BCUT2D eigenvalue weighted by atomic mass is 10.1. The van der Waals surface area contributed by atoms with Crippen molar-refractivity contribution in [3.63, 3.8) is 0 Å². The average Bonchev–Trinajstić information content (AvgIpc) is 3.50. The second-order valence-corrected chi connectivity index (χ2v) is 7.75. The SMILES string of the molecule is CCOC(=O)C1CC1c1cc(-n2nc(C)nc2Cc2ccc(OC)c(OC)c2)nc(C)n1. The molecule has 0 N–H and O–H groups in total. The Bertz CT molecular complexity index is 1140. The van der Waals surface area contributed by atoms with Gasteiger partial charge in [0.1, 0.15) is 17.5 Å². The summed E-state index contributed by atoms with van der Waals surface area (Å²) in [7, 11) is 3.22. The van der Waals surface area contributed by atoms with Crippen LogP contribution in [0.3, 0.4) is 0 Å². The van der Waals surface area contributed by atoms with Crippen LogP contribution in [0.1, 0.15) is 48.0 Å². The van der Waals surface area contributed by atoms with E-state index in [0.29, 0.717) is 42.0 Å². The molecule has 3 aromatic rings. The lowest BCUT2D eigenvalue weighted by Crippen LogP contribution is -2.10. The first-order valence-electron chi connectivity index (χ1n) is 10.6. The van der Waals surface area contributed by atoms with E-state index in [1.165, 1.54) is 0 Å². The van der Waals surface area contributed by atoms with Crippen molar-refractivity contribution in [2.75, 3.05) is 20.8 Å². The molecule has 9 heteroatoms. The summed E-state index contributed by atoms with van der Waals surface area (Å²) >= 11 is 0. The van der Waals surface area contributed by atoms with E-state index in [4.69, 9.17) is 14.2 Å². The fourth-order valence-corrected chi connectivity index (χ4v) is 3.83. The van der Waals surface area contributed by atoms with Crippen LogP contribution in [-0.4, -0.2) is 51.5 Å². The molecule has 1 aliphatic carbocycles. The second-order valence-electron chi connectivity index (χ2n) is 7.75. The summed E-state index contributed by atoms with van der Waals surface area (Å²) < 4.78 is 17.6. The average molecular weight is 438 g/mol. The van der Waals surface area contributed by atoms with Crippen molar-refractivity contribution < 1.29 is 19.0 Å². The Hall–Kier alpha value is -3.49. The van der Waals surface area contributed by atoms with Gasteiger partial charge < -0.3 is 14.2 Å². The van der Waals surface area contributed by atoms with Crippen LogP contribution in [0.5, 0.6) is 11.5 Å². The zero-order valence-corrected chi connectivity index (χ0v) is 19.0. The van der Waals surface area contributed by atoms with Crippen LogP contribution >= 0.6 is 0 Å². The Morgan fingerprint density at radius 1 is 1.06 bits per heavy atom. The molecule has 4 rings (SSSR count). The maximum Gasteiger partial charge on any atom is 0.309 e. The number of benzene rings is 1. The molecule has 0 saturated heterocycles. The maximum absolute atomic E-state index is 12.1. The van der Waals surface area contributed by atoms with E-state index in [-0.39, 0.29) is 17.8 Å². The normalized spacial score (nSPS) is 17.2. The summed E-state index contributed by atoms with van der Waals surface area (Å²) in [6, 6.07) is 7.67. The van der Waals surface area contributed by atoms with Gasteiger partial charge >= 0.3 is 5.97 Å². The number of aryl methyl sites for hydroxylation is 2. The molecule has 0 spiro atoms. The van der Waals surface area contributed by atoms with Crippen molar-refractivity contribution in [3.05, 3.63) is 53.0 Å². The van der Waals surface area contributed by atoms with Gasteiger partial charge in [0, 0.05) is 18.4 Å². The number of esters is 1. The lowest BCUT2D eigenvalue weighted by molar-refractivity contribution is -0.144. The summed E-state index contributed by atoms with van der Waals surface area (Å²) in [5.41, 5.74) is 1.84. The van der Waals surface area contributed by atoms with Crippen molar-refractivity contribution in [3.8, 4) is 17.3 Å². The molecule has 1 aromatic carbocycles. The predicted molar refractivity (Wildman–Crippen MR) is 116 cm³/mol. The number of methoxy groups -OCH3 is 2. The minimum Gasteiger partial charge on any atom is -0.493 e. The number of rotatable bonds is 8. The van der Waals surface area contributed by atoms with Gasteiger partial charge in [-0.3, -0.25) is 4.79 Å². The van der Waals surface area contributed by atoms with Gasteiger partial charge in [0.15, 0.2) is 17.3 Å². The van der Waals surface area contributed by atoms with Gasteiger partial charge in [0.05, 0.1) is 32.4 Å². The molecular weight excluding hydrogens is 410 g/mol. The zero-order chi connectivity index (χ0) is 22.8.